The van der Waals surface area contributed by atoms with E-state index in [1.807, 2.05) is 34.9 Å². The van der Waals surface area contributed by atoms with Crippen molar-refractivity contribution in [3.8, 4) is 0 Å². The van der Waals surface area contributed by atoms with Gasteiger partial charge in [0.15, 0.2) is 0 Å². The van der Waals surface area contributed by atoms with Crippen LogP contribution in [0.5, 0.6) is 0 Å². The van der Waals surface area contributed by atoms with Crippen molar-refractivity contribution in [2.24, 2.45) is 11.0 Å². The van der Waals surface area contributed by atoms with E-state index in [2.05, 4.69) is 6.92 Å². The molecule has 4 aromatic rings. The van der Waals surface area contributed by atoms with Gasteiger partial charge in [0, 0.05) is 12.3 Å². The molecule has 0 radical (unpaired) electrons. The Morgan fingerprint density at radius 1 is 1.00 bits per heavy atom. The van der Waals surface area contributed by atoms with Crippen molar-refractivity contribution in [1.29, 1.82) is 0 Å². The van der Waals surface area contributed by atoms with Crippen LogP contribution in [0.2, 0.25) is 0 Å². The molecule has 3 aromatic carbocycles. The maximum atomic E-state index is 14.1. The molecule has 1 aliphatic carbocycles. The lowest BCUT2D eigenvalue weighted by molar-refractivity contribution is -0.134. The number of hydrogen-bond donors (Lipinski definition) is 0. The van der Waals surface area contributed by atoms with Crippen LogP contribution < -0.4 is 0 Å². The van der Waals surface area contributed by atoms with Gasteiger partial charge in [-0.25, -0.2) is 18.8 Å². The first-order valence-corrected chi connectivity index (χ1v) is 14.1. The molecule has 2 heterocycles. The van der Waals surface area contributed by atoms with Crippen molar-refractivity contribution in [2.75, 3.05) is 0 Å². The van der Waals surface area contributed by atoms with Crippen molar-refractivity contribution >= 4 is 28.7 Å². The summed E-state index contributed by atoms with van der Waals surface area (Å²) in [6.45, 7) is 2.27. The summed E-state index contributed by atoms with van der Waals surface area (Å²) >= 11 is 0. The average molecular weight is 539 g/mol. The van der Waals surface area contributed by atoms with E-state index in [0.717, 1.165) is 77.8 Å². The number of aromatic nitrogens is 2. The van der Waals surface area contributed by atoms with Gasteiger partial charge in [0.2, 0.25) is 0 Å². The van der Waals surface area contributed by atoms with Crippen molar-refractivity contribution in [3.63, 3.8) is 0 Å². The van der Waals surface area contributed by atoms with Crippen LogP contribution in [-0.4, -0.2) is 26.2 Å². The fourth-order valence-corrected chi connectivity index (χ4v) is 6.00. The van der Waals surface area contributed by atoms with Crippen LogP contribution >= 0.6 is 0 Å². The Bertz CT molecular complexity index is 1590. The van der Waals surface area contributed by atoms with Gasteiger partial charge in [-0.2, -0.15) is 5.10 Å². The topological polar surface area (TPSA) is 50.5 Å². The number of halogens is 2. The van der Waals surface area contributed by atoms with E-state index in [1.54, 1.807) is 29.3 Å². The van der Waals surface area contributed by atoms with Crippen molar-refractivity contribution in [1.82, 2.24) is 14.6 Å². The highest BCUT2D eigenvalue weighted by Gasteiger charge is 2.43. The standard InChI is InChI=1S/C33H32F2N4O/c1-2-3-11-30-36-28-9-4-5-10-29(28)38(30)21-31(40)39-33(23-14-18-26(35)19-15-23)27-8-6-7-24(32(27)37-39)20-22-12-16-25(34)17-13-22/h4-5,9-10,12-20,27,33H,2-3,6-8,11,21H2,1H3/b24-20-/t27-,33-/m0/s1. The van der Waals surface area contributed by atoms with Crippen molar-refractivity contribution in [2.45, 2.75) is 58.0 Å². The second-order valence-corrected chi connectivity index (χ2v) is 10.6. The smallest absolute Gasteiger partial charge is 0.263 e. The lowest BCUT2D eigenvalue weighted by atomic mass is 9.77. The summed E-state index contributed by atoms with van der Waals surface area (Å²) in [7, 11) is 0. The third-order valence-corrected chi connectivity index (χ3v) is 7.96. The second kappa shape index (κ2) is 11.2. The van der Waals surface area contributed by atoms with Crippen LogP contribution in [0.4, 0.5) is 8.78 Å². The number of aryl methyl sites for hydroxylation is 1. The van der Waals surface area contributed by atoms with Gasteiger partial charge in [0.1, 0.15) is 24.0 Å². The molecule has 7 heteroatoms. The van der Waals surface area contributed by atoms with Crippen molar-refractivity contribution in [3.05, 3.63) is 107 Å². The number of allylic oxidation sites excluding steroid dienone is 1. The zero-order valence-electron chi connectivity index (χ0n) is 22.6. The van der Waals surface area contributed by atoms with Gasteiger partial charge >= 0.3 is 0 Å². The molecule has 2 aliphatic rings. The third-order valence-electron chi connectivity index (χ3n) is 7.96. The summed E-state index contributed by atoms with van der Waals surface area (Å²) in [5.74, 6) is 0.176. The molecular formula is C33H32F2N4O. The molecule has 204 valence electrons. The largest absolute Gasteiger partial charge is 0.318 e. The number of amides is 1. The number of imidazole rings is 1. The molecule has 1 amide bonds. The van der Waals surface area contributed by atoms with Crippen LogP contribution in [0.1, 0.15) is 62.0 Å². The van der Waals surface area contributed by atoms with Crippen LogP contribution in [-0.2, 0) is 17.8 Å². The molecule has 1 saturated carbocycles. The minimum atomic E-state index is -0.325. The second-order valence-electron chi connectivity index (χ2n) is 10.6. The van der Waals surface area contributed by atoms with Gasteiger partial charge in [0.25, 0.3) is 5.91 Å². The molecule has 40 heavy (non-hydrogen) atoms. The summed E-state index contributed by atoms with van der Waals surface area (Å²) in [6, 6.07) is 20.4. The number of carbonyl (C=O) groups is 1. The van der Waals surface area contributed by atoms with E-state index in [4.69, 9.17) is 10.1 Å². The van der Waals surface area contributed by atoms with E-state index in [1.165, 1.54) is 24.3 Å². The van der Waals surface area contributed by atoms with Crippen LogP contribution in [0.15, 0.2) is 83.5 Å². The highest BCUT2D eigenvalue weighted by Crippen LogP contribution is 2.44. The maximum Gasteiger partial charge on any atom is 0.263 e. The highest BCUT2D eigenvalue weighted by molar-refractivity contribution is 6.08. The monoisotopic (exact) mass is 538 g/mol. The summed E-state index contributed by atoms with van der Waals surface area (Å²) in [6.07, 6.45) is 7.52. The molecule has 6 rings (SSSR count). The molecule has 1 fully saturated rings. The Balaban J connectivity index is 1.39. The first-order valence-electron chi connectivity index (χ1n) is 14.1. The number of nitrogens with zero attached hydrogens (tertiary/aromatic N) is 4. The summed E-state index contributed by atoms with van der Waals surface area (Å²) in [5.41, 5.74) is 5.52. The molecule has 0 bridgehead atoms. The Labute approximate surface area is 232 Å². The Morgan fingerprint density at radius 2 is 1.73 bits per heavy atom. The van der Waals surface area contributed by atoms with E-state index in [0.29, 0.717) is 0 Å². The first-order chi connectivity index (χ1) is 19.5. The molecule has 2 atom stereocenters. The predicted molar refractivity (Wildman–Crippen MR) is 153 cm³/mol. The first kappa shape index (κ1) is 26.1. The Hall–Kier alpha value is -4.13. The van der Waals surface area contributed by atoms with Gasteiger partial charge in [-0.3, -0.25) is 4.79 Å². The molecule has 0 unspecified atom stereocenters. The van der Waals surface area contributed by atoms with Gasteiger partial charge in [-0.15, -0.1) is 0 Å². The number of rotatable bonds is 7. The minimum absolute atomic E-state index is 0.00560. The van der Waals surface area contributed by atoms with Crippen LogP contribution in [0.25, 0.3) is 17.1 Å². The molecule has 1 aromatic heterocycles. The molecule has 0 saturated heterocycles. The van der Waals surface area contributed by atoms with Gasteiger partial charge in [-0.05, 0) is 84.9 Å². The molecule has 0 N–H and O–H groups in total. The Morgan fingerprint density at radius 3 is 2.48 bits per heavy atom. The van der Waals surface area contributed by atoms with Gasteiger partial charge < -0.3 is 4.57 Å². The molecule has 0 spiro atoms. The fourth-order valence-electron chi connectivity index (χ4n) is 6.00. The lowest BCUT2D eigenvalue weighted by Gasteiger charge is -2.30. The fraction of sp³-hybridized carbons (Fsp3) is 0.303. The van der Waals surface area contributed by atoms with Gasteiger partial charge in [0.05, 0.1) is 22.8 Å². The molecule has 1 aliphatic heterocycles. The third kappa shape index (κ3) is 5.08. The number of unbranched alkanes of at least 4 members (excludes halogenated alkanes) is 1. The van der Waals surface area contributed by atoms with E-state index < -0.39 is 0 Å². The quantitative estimate of drug-likeness (QED) is 0.245. The maximum absolute atomic E-state index is 14.1. The van der Waals surface area contributed by atoms with Gasteiger partial charge in [-0.1, -0.05) is 49.7 Å². The predicted octanol–water partition coefficient (Wildman–Crippen LogP) is 7.48. The number of para-hydroxylation sites is 2. The molecule has 5 nitrogen and oxygen atoms in total. The summed E-state index contributed by atoms with van der Waals surface area (Å²) in [4.78, 5) is 18.9. The molecular weight excluding hydrogens is 506 g/mol. The zero-order chi connectivity index (χ0) is 27.6. The highest BCUT2D eigenvalue weighted by atomic mass is 19.1. The normalized spacial score (nSPS) is 19.7. The number of hydrogen-bond acceptors (Lipinski definition) is 3. The summed E-state index contributed by atoms with van der Waals surface area (Å²) < 4.78 is 29.4. The van der Waals surface area contributed by atoms with Crippen LogP contribution in [0.3, 0.4) is 0 Å². The average Bonchev–Trinajstić information content (AvgIpc) is 3.53. The van der Waals surface area contributed by atoms with Crippen LogP contribution in [0, 0.1) is 17.6 Å². The van der Waals surface area contributed by atoms with E-state index in [-0.39, 0.29) is 36.0 Å². The number of hydrazone groups is 1. The Kier molecular flexibility index (Phi) is 7.29. The zero-order valence-corrected chi connectivity index (χ0v) is 22.6. The SMILES string of the molecule is CCCCc1nc2ccccc2n1CC(=O)N1N=C2/C(=C\c3ccc(F)cc3)CCC[C@@H]2[C@@H]1c1ccc(F)cc1. The van der Waals surface area contributed by atoms with Crippen molar-refractivity contribution < 1.29 is 13.6 Å². The number of carbonyl (C=O) groups excluding carboxylic acids is 1. The van der Waals surface area contributed by atoms with E-state index in [9.17, 15) is 13.6 Å². The number of fused-ring (bicyclic) bond motifs is 2. The minimum Gasteiger partial charge on any atom is -0.318 e. The summed E-state index contributed by atoms with van der Waals surface area (Å²) in [5, 5.41) is 6.59. The van der Waals surface area contributed by atoms with E-state index >= 15 is 0 Å². The number of benzene rings is 3. The lowest BCUT2D eigenvalue weighted by Crippen LogP contribution is -2.34.